The number of oxazole rings is 1. The Morgan fingerprint density at radius 2 is 2.12 bits per heavy atom. The van der Waals surface area contributed by atoms with E-state index >= 15 is 0 Å². The molecule has 0 amide bonds. The summed E-state index contributed by atoms with van der Waals surface area (Å²) in [6.07, 6.45) is 0. The van der Waals surface area contributed by atoms with Crippen molar-refractivity contribution in [3.63, 3.8) is 0 Å². The third kappa shape index (κ3) is 1.95. The lowest BCUT2D eigenvalue weighted by Crippen LogP contribution is -2.04. The van der Waals surface area contributed by atoms with Crippen LogP contribution >= 0.6 is 0 Å². The smallest absolute Gasteiger partial charge is 0.198 e. The average molecular weight is 218 g/mol. The van der Waals surface area contributed by atoms with Crippen LogP contribution in [-0.4, -0.2) is 12.0 Å². The summed E-state index contributed by atoms with van der Waals surface area (Å²) in [5.41, 5.74) is 4.29. The molecule has 0 saturated carbocycles. The summed E-state index contributed by atoms with van der Waals surface area (Å²) in [5, 5.41) is 3.15. The fourth-order valence-electron chi connectivity index (χ4n) is 1.84. The largest absolute Gasteiger partial charge is 0.440 e. The van der Waals surface area contributed by atoms with Gasteiger partial charge < -0.3 is 9.73 Å². The Balaban J connectivity index is 2.54. The summed E-state index contributed by atoms with van der Waals surface area (Å²) in [6, 6.07) is 4.24. The van der Waals surface area contributed by atoms with Crippen molar-refractivity contribution >= 4 is 11.1 Å². The van der Waals surface area contributed by atoms with Crippen molar-refractivity contribution in [1.29, 1.82) is 0 Å². The number of hydrogen-bond acceptors (Lipinski definition) is 3. The van der Waals surface area contributed by atoms with Gasteiger partial charge in [0.05, 0.1) is 0 Å². The van der Waals surface area contributed by atoms with Gasteiger partial charge in [0, 0.05) is 12.5 Å². The molecule has 0 bridgehead atoms. The Labute approximate surface area is 95.9 Å². The lowest BCUT2D eigenvalue weighted by atomic mass is 10.1. The molecular formula is C13H18N2O. The lowest BCUT2D eigenvalue weighted by Gasteiger charge is -2.01. The molecule has 0 saturated heterocycles. The molecular weight excluding hydrogens is 200 g/mol. The Morgan fingerprint density at radius 3 is 2.75 bits per heavy atom. The van der Waals surface area contributed by atoms with Crippen LogP contribution < -0.4 is 5.32 Å². The molecule has 0 spiro atoms. The standard InChI is InChI=1S/C13H18N2O/c1-8(2)13-15-11-6-10(7-14-4)5-9(3)12(11)16-13/h5-6,8,14H,7H2,1-4H3. The van der Waals surface area contributed by atoms with Gasteiger partial charge in [-0.25, -0.2) is 4.98 Å². The molecule has 1 aromatic carbocycles. The molecule has 3 nitrogen and oxygen atoms in total. The second kappa shape index (κ2) is 4.26. The first-order valence-electron chi connectivity index (χ1n) is 5.66. The number of rotatable bonds is 3. The van der Waals surface area contributed by atoms with Gasteiger partial charge in [0.2, 0.25) is 0 Å². The molecule has 1 N–H and O–H groups in total. The quantitative estimate of drug-likeness (QED) is 0.860. The number of aromatic nitrogens is 1. The van der Waals surface area contributed by atoms with Crippen molar-refractivity contribution in [3.05, 3.63) is 29.2 Å². The fourth-order valence-corrected chi connectivity index (χ4v) is 1.84. The van der Waals surface area contributed by atoms with Crippen LogP contribution in [0, 0.1) is 6.92 Å². The normalized spacial score (nSPS) is 11.6. The number of nitrogens with one attached hydrogen (secondary N) is 1. The first-order valence-corrected chi connectivity index (χ1v) is 5.66. The summed E-state index contributed by atoms with van der Waals surface area (Å²) >= 11 is 0. The molecule has 0 atom stereocenters. The van der Waals surface area contributed by atoms with Gasteiger partial charge >= 0.3 is 0 Å². The summed E-state index contributed by atoms with van der Waals surface area (Å²) < 4.78 is 5.76. The highest BCUT2D eigenvalue weighted by atomic mass is 16.3. The van der Waals surface area contributed by atoms with Gasteiger partial charge in [0.1, 0.15) is 5.52 Å². The third-order valence-electron chi connectivity index (χ3n) is 2.63. The van der Waals surface area contributed by atoms with Crippen LogP contribution in [0.5, 0.6) is 0 Å². The van der Waals surface area contributed by atoms with Gasteiger partial charge in [0.15, 0.2) is 11.5 Å². The minimum atomic E-state index is 0.333. The molecule has 0 aliphatic heterocycles. The van der Waals surface area contributed by atoms with Gasteiger partial charge in [0.25, 0.3) is 0 Å². The van der Waals surface area contributed by atoms with Crippen molar-refractivity contribution in [2.24, 2.45) is 0 Å². The number of aryl methyl sites for hydroxylation is 1. The number of benzene rings is 1. The molecule has 0 aliphatic carbocycles. The van der Waals surface area contributed by atoms with Gasteiger partial charge in [-0.2, -0.15) is 0 Å². The molecule has 0 unspecified atom stereocenters. The minimum Gasteiger partial charge on any atom is -0.440 e. The fraction of sp³-hybridized carbons (Fsp3) is 0.462. The predicted molar refractivity (Wildman–Crippen MR) is 65.6 cm³/mol. The van der Waals surface area contributed by atoms with Crippen LogP contribution in [0.4, 0.5) is 0 Å². The highest BCUT2D eigenvalue weighted by Gasteiger charge is 2.11. The van der Waals surface area contributed by atoms with Crippen LogP contribution in [0.25, 0.3) is 11.1 Å². The molecule has 1 aromatic heterocycles. The topological polar surface area (TPSA) is 38.1 Å². The van der Waals surface area contributed by atoms with Crippen LogP contribution in [0.15, 0.2) is 16.5 Å². The van der Waals surface area contributed by atoms with E-state index in [4.69, 9.17) is 4.42 Å². The summed E-state index contributed by atoms with van der Waals surface area (Å²) in [5.74, 6) is 1.15. The molecule has 2 aromatic rings. The second-order valence-corrected chi connectivity index (χ2v) is 4.50. The van der Waals surface area contributed by atoms with Crippen molar-refractivity contribution < 1.29 is 4.42 Å². The zero-order valence-electron chi connectivity index (χ0n) is 10.3. The first-order chi connectivity index (χ1) is 7.61. The van der Waals surface area contributed by atoms with E-state index in [1.165, 1.54) is 5.56 Å². The Bertz CT molecular complexity index is 500. The van der Waals surface area contributed by atoms with E-state index in [1.54, 1.807) is 0 Å². The maximum atomic E-state index is 5.76. The lowest BCUT2D eigenvalue weighted by molar-refractivity contribution is 0.500. The monoisotopic (exact) mass is 218 g/mol. The molecule has 0 radical (unpaired) electrons. The van der Waals surface area contributed by atoms with Crippen molar-refractivity contribution in [3.8, 4) is 0 Å². The molecule has 2 rings (SSSR count). The van der Waals surface area contributed by atoms with E-state index in [0.717, 1.165) is 29.1 Å². The van der Waals surface area contributed by atoms with E-state index in [0.29, 0.717) is 5.92 Å². The predicted octanol–water partition coefficient (Wildman–Crippen LogP) is 2.98. The second-order valence-electron chi connectivity index (χ2n) is 4.50. The van der Waals surface area contributed by atoms with Gasteiger partial charge in [-0.05, 0) is 31.2 Å². The number of hydrogen-bond donors (Lipinski definition) is 1. The Morgan fingerprint density at radius 1 is 1.38 bits per heavy atom. The highest BCUT2D eigenvalue weighted by molar-refractivity contribution is 5.77. The molecule has 3 heteroatoms. The minimum absolute atomic E-state index is 0.333. The SMILES string of the molecule is CNCc1cc(C)c2oc(C(C)C)nc2c1. The summed E-state index contributed by atoms with van der Waals surface area (Å²) in [4.78, 5) is 4.52. The first kappa shape index (κ1) is 11.1. The van der Waals surface area contributed by atoms with E-state index in [2.05, 4.69) is 43.2 Å². The van der Waals surface area contributed by atoms with Gasteiger partial charge in [-0.1, -0.05) is 19.9 Å². The van der Waals surface area contributed by atoms with Crippen LogP contribution in [0.2, 0.25) is 0 Å². The van der Waals surface area contributed by atoms with Gasteiger partial charge in [-0.15, -0.1) is 0 Å². The molecule has 0 fully saturated rings. The van der Waals surface area contributed by atoms with Crippen LogP contribution in [-0.2, 0) is 6.54 Å². The molecule has 1 heterocycles. The third-order valence-corrected chi connectivity index (χ3v) is 2.63. The Hall–Kier alpha value is -1.35. The number of fused-ring (bicyclic) bond motifs is 1. The maximum Gasteiger partial charge on any atom is 0.198 e. The van der Waals surface area contributed by atoms with E-state index in [9.17, 15) is 0 Å². The molecule has 86 valence electrons. The zero-order chi connectivity index (χ0) is 11.7. The number of nitrogens with zero attached hydrogens (tertiary/aromatic N) is 1. The van der Waals surface area contributed by atoms with Crippen molar-refractivity contribution in [2.75, 3.05) is 7.05 Å². The van der Waals surface area contributed by atoms with Gasteiger partial charge in [-0.3, -0.25) is 0 Å². The van der Waals surface area contributed by atoms with Crippen molar-refractivity contribution in [1.82, 2.24) is 10.3 Å². The highest BCUT2D eigenvalue weighted by Crippen LogP contribution is 2.25. The van der Waals surface area contributed by atoms with E-state index in [1.807, 2.05) is 7.05 Å². The van der Waals surface area contributed by atoms with Crippen molar-refractivity contribution in [2.45, 2.75) is 33.2 Å². The maximum absolute atomic E-state index is 5.76. The summed E-state index contributed by atoms with van der Waals surface area (Å²) in [6.45, 7) is 7.11. The summed E-state index contributed by atoms with van der Waals surface area (Å²) in [7, 11) is 1.95. The van der Waals surface area contributed by atoms with E-state index in [-0.39, 0.29) is 0 Å². The Kier molecular flexibility index (Phi) is 2.97. The van der Waals surface area contributed by atoms with E-state index < -0.39 is 0 Å². The molecule has 0 aliphatic rings. The van der Waals surface area contributed by atoms with Crippen LogP contribution in [0.1, 0.15) is 36.8 Å². The molecule has 16 heavy (non-hydrogen) atoms. The zero-order valence-corrected chi connectivity index (χ0v) is 10.3. The average Bonchev–Trinajstić information content (AvgIpc) is 2.62. The van der Waals surface area contributed by atoms with Crippen LogP contribution in [0.3, 0.4) is 0 Å².